The molecule has 0 atom stereocenters. The van der Waals surface area contributed by atoms with Crippen LogP contribution in [0, 0.1) is 0 Å². The van der Waals surface area contributed by atoms with Crippen LogP contribution in [0.3, 0.4) is 0 Å². The van der Waals surface area contributed by atoms with Crippen LogP contribution in [0.5, 0.6) is 0 Å². The van der Waals surface area contributed by atoms with Crippen LogP contribution in [0.4, 0.5) is 0 Å². The van der Waals surface area contributed by atoms with Gasteiger partial charge < -0.3 is 19.7 Å². The van der Waals surface area contributed by atoms with Crippen molar-refractivity contribution in [2.45, 2.75) is 273 Å². The van der Waals surface area contributed by atoms with Crippen molar-refractivity contribution in [2.75, 3.05) is 13.2 Å². The molecule has 0 rings (SSSR count). The molecule has 0 amide bonds. The van der Waals surface area contributed by atoms with E-state index in [2.05, 4.69) is 41.5 Å². The van der Waals surface area contributed by atoms with Gasteiger partial charge in [0.25, 0.3) is 0 Å². The molecule has 61 heavy (non-hydrogen) atoms. The molecule has 0 fully saturated rings. The fraction of sp³-hybridized carbons (Fsp3) is 0.846. The fourth-order valence-corrected chi connectivity index (χ4v) is 6.02. The van der Waals surface area contributed by atoms with Gasteiger partial charge in [-0.25, -0.2) is 19.2 Å². The molecule has 0 aliphatic heterocycles. The Morgan fingerprint density at radius 1 is 0.295 bits per heavy atom. The van der Waals surface area contributed by atoms with Crippen molar-refractivity contribution < 1.29 is 38.9 Å². The molecule has 0 saturated heterocycles. The van der Waals surface area contributed by atoms with Gasteiger partial charge in [0.2, 0.25) is 0 Å². The summed E-state index contributed by atoms with van der Waals surface area (Å²) in [5, 5.41) is 16.8. The summed E-state index contributed by atoms with van der Waals surface area (Å²) < 4.78 is 9.84. The number of carboxylic acid groups (broad SMARTS) is 2. The SMILES string of the molecule is CCCC.CCCC.CCCCCCCCCCCCCCCCCCOC(=O)/C=C\C(=O)O.CCCCCCCCCCCCCCCCCCOC(=O)/C=C\C(=O)O.[Sn]. The monoisotopic (exact) mass is 973 g/mol. The van der Waals surface area contributed by atoms with Crippen LogP contribution < -0.4 is 0 Å². The molecule has 0 aliphatic rings. The maximum absolute atomic E-state index is 11.1. The predicted molar refractivity (Wildman–Crippen MR) is 261 cm³/mol. The van der Waals surface area contributed by atoms with Crippen molar-refractivity contribution >= 4 is 47.8 Å². The fourth-order valence-electron chi connectivity index (χ4n) is 6.02. The van der Waals surface area contributed by atoms with Crippen molar-refractivity contribution in [3.8, 4) is 0 Å². The van der Waals surface area contributed by atoms with E-state index in [-0.39, 0.29) is 23.9 Å². The second-order valence-electron chi connectivity index (χ2n) is 16.3. The van der Waals surface area contributed by atoms with E-state index < -0.39 is 23.9 Å². The molecule has 0 aliphatic carbocycles. The predicted octanol–water partition coefficient (Wildman–Crippen LogP) is 16.1. The Kier molecular flexibility index (Phi) is 72.4. The zero-order chi connectivity index (χ0) is 45.4. The number of carboxylic acids is 2. The number of ether oxygens (including phenoxy) is 2. The average molecular weight is 972 g/mol. The molecule has 0 saturated carbocycles. The minimum absolute atomic E-state index is 0. The van der Waals surface area contributed by atoms with Gasteiger partial charge in [0.1, 0.15) is 0 Å². The largest absolute Gasteiger partial charge is 0.478 e. The van der Waals surface area contributed by atoms with E-state index in [1.165, 1.54) is 205 Å². The third-order valence-electron chi connectivity index (χ3n) is 10.2. The van der Waals surface area contributed by atoms with Crippen LogP contribution in [-0.4, -0.2) is 71.2 Å². The van der Waals surface area contributed by atoms with Gasteiger partial charge in [0, 0.05) is 48.2 Å². The minimum Gasteiger partial charge on any atom is -0.478 e. The van der Waals surface area contributed by atoms with Crippen LogP contribution in [0.1, 0.15) is 273 Å². The molecule has 9 heteroatoms. The number of rotatable bonds is 40. The summed E-state index contributed by atoms with van der Waals surface area (Å²) in [6, 6.07) is 0. The number of unbranched alkanes of at least 4 members (excludes halogenated alkanes) is 32. The van der Waals surface area contributed by atoms with Gasteiger partial charge in [-0.05, 0) is 12.8 Å². The molecule has 4 radical (unpaired) electrons. The van der Waals surface area contributed by atoms with Crippen LogP contribution >= 0.6 is 0 Å². The summed E-state index contributed by atoms with van der Waals surface area (Å²) in [5.74, 6) is -3.42. The number of esters is 2. The summed E-state index contributed by atoms with van der Waals surface area (Å²) >= 11 is 0. The van der Waals surface area contributed by atoms with Gasteiger partial charge in [0.15, 0.2) is 0 Å². The normalized spacial score (nSPS) is 10.5. The van der Waals surface area contributed by atoms with Crippen molar-refractivity contribution in [2.24, 2.45) is 0 Å². The number of aliphatic carboxylic acids is 2. The molecule has 0 aromatic rings. The van der Waals surface area contributed by atoms with Crippen molar-refractivity contribution in [3.05, 3.63) is 24.3 Å². The van der Waals surface area contributed by atoms with E-state index in [1.54, 1.807) is 0 Å². The summed E-state index contributed by atoms with van der Waals surface area (Å²) in [6.07, 6.45) is 50.7. The maximum Gasteiger partial charge on any atom is 0.331 e. The first-order valence-electron chi connectivity index (χ1n) is 25.3. The van der Waals surface area contributed by atoms with Gasteiger partial charge in [-0.3, -0.25) is 0 Å². The molecular weight excluding hydrogens is 871 g/mol. The second-order valence-corrected chi connectivity index (χ2v) is 16.3. The van der Waals surface area contributed by atoms with Gasteiger partial charge in [-0.15, -0.1) is 0 Å². The average Bonchev–Trinajstić information content (AvgIpc) is 3.24. The minimum atomic E-state index is -1.13. The quantitative estimate of drug-likeness (QED) is 0.0269. The Morgan fingerprint density at radius 3 is 0.639 bits per heavy atom. The molecule has 0 unspecified atom stereocenters. The third kappa shape index (κ3) is 79.1. The molecule has 0 aromatic heterocycles. The van der Waals surface area contributed by atoms with Crippen LogP contribution in [0.25, 0.3) is 0 Å². The van der Waals surface area contributed by atoms with Crippen molar-refractivity contribution in [3.63, 3.8) is 0 Å². The molecule has 360 valence electrons. The molecular formula is C52H100O8Sn. The number of carbonyl (C=O) groups is 4. The van der Waals surface area contributed by atoms with E-state index in [1.807, 2.05) is 0 Å². The third-order valence-corrected chi connectivity index (χ3v) is 10.2. The molecule has 2 N–H and O–H groups in total. The van der Waals surface area contributed by atoms with Crippen molar-refractivity contribution in [1.82, 2.24) is 0 Å². The Balaban J connectivity index is -0.000000286. The standard InChI is InChI=1S/2C22H40O4.2C4H10.Sn/c2*1-2-3-4-5-6-7-8-9-10-11-12-13-14-15-16-17-20-26-22(25)19-18-21(23)24;2*1-3-4-2;/h2*18-19H,2-17,20H2,1H3,(H,23,24);2*3-4H2,1-2H3;/b2*19-18-;;;. The molecule has 0 spiro atoms. The van der Waals surface area contributed by atoms with Crippen LogP contribution in [0.2, 0.25) is 0 Å². The first-order chi connectivity index (χ1) is 29.2. The Bertz CT molecular complexity index is 858. The van der Waals surface area contributed by atoms with Crippen LogP contribution in [-0.2, 0) is 28.7 Å². The van der Waals surface area contributed by atoms with Gasteiger partial charge in [0.05, 0.1) is 13.2 Å². The van der Waals surface area contributed by atoms with E-state index >= 15 is 0 Å². The summed E-state index contributed by atoms with van der Waals surface area (Å²) in [6.45, 7) is 14.0. The molecule has 8 nitrogen and oxygen atoms in total. The second kappa shape index (κ2) is 64.8. The molecule has 0 bridgehead atoms. The van der Waals surface area contributed by atoms with E-state index in [0.717, 1.165) is 50.0 Å². The van der Waals surface area contributed by atoms with E-state index in [4.69, 9.17) is 19.7 Å². The maximum atomic E-state index is 11.1. The molecule has 0 aromatic carbocycles. The topological polar surface area (TPSA) is 127 Å². The smallest absolute Gasteiger partial charge is 0.331 e. The zero-order valence-corrected chi connectivity index (χ0v) is 43.9. The van der Waals surface area contributed by atoms with Gasteiger partial charge in [-0.2, -0.15) is 0 Å². The summed E-state index contributed by atoms with van der Waals surface area (Å²) in [7, 11) is 0. The number of hydrogen-bond donors (Lipinski definition) is 2. The van der Waals surface area contributed by atoms with E-state index in [9.17, 15) is 19.2 Å². The zero-order valence-electron chi connectivity index (χ0n) is 41.0. The number of carbonyl (C=O) groups excluding carboxylic acids is 2. The Labute approximate surface area is 395 Å². The van der Waals surface area contributed by atoms with Crippen molar-refractivity contribution in [1.29, 1.82) is 0 Å². The Hall–Kier alpha value is -1.84. The van der Waals surface area contributed by atoms with Crippen LogP contribution in [0.15, 0.2) is 24.3 Å². The Morgan fingerprint density at radius 2 is 0.475 bits per heavy atom. The first kappa shape index (κ1) is 68.2. The molecule has 0 heterocycles. The van der Waals surface area contributed by atoms with Gasteiger partial charge in [-0.1, -0.05) is 260 Å². The number of hydrogen-bond acceptors (Lipinski definition) is 6. The first-order valence-corrected chi connectivity index (χ1v) is 25.3. The van der Waals surface area contributed by atoms with E-state index in [0.29, 0.717) is 13.2 Å². The van der Waals surface area contributed by atoms with Gasteiger partial charge >= 0.3 is 23.9 Å². The summed E-state index contributed by atoms with van der Waals surface area (Å²) in [5.41, 5.74) is 0. The summed E-state index contributed by atoms with van der Waals surface area (Å²) in [4.78, 5) is 42.8.